The summed E-state index contributed by atoms with van der Waals surface area (Å²) >= 11 is 1.67. The fourth-order valence-corrected chi connectivity index (χ4v) is 6.60. The number of nitrogens with zero attached hydrogens (tertiary/aromatic N) is 3. The molecule has 1 radical (unpaired) electrons. The summed E-state index contributed by atoms with van der Waals surface area (Å²) in [4.78, 5) is 9.22. The van der Waals surface area contributed by atoms with Crippen molar-refractivity contribution in [3.05, 3.63) is 162 Å². The summed E-state index contributed by atoms with van der Waals surface area (Å²) < 4.78 is 25.2. The van der Waals surface area contributed by atoms with Gasteiger partial charge in [0, 0.05) is 36.1 Å². The zero-order valence-electron chi connectivity index (χ0n) is 29.6. The molecule has 0 aliphatic heterocycles. The summed E-state index contributed by atoms with van der Waals surface area (Å²) in [6.45, 7) is 2.44. The zero-order valence-corrected chi connectivity index (χ0v) is 29.9. The first kappa shape index (κ1) is 29.5. The minimum Gasteiger partial charge on any atom is -0.333 e. The number of para-hydroxylation sites is 2. The maximum absolute atomic E-state index is 7.23. The van der Waals surface area contributed by atoms with Gasteiger partial charge >= 0.3 is 0 Å². The first-order chi connectivity index (χ1) is 24.2. The summed E-state index contributed by atoms with van der Waals surface area (Å²) in [7, 11) is 0. The van der Waals surface area contributed by atoms with Crippen molar-refractivity contribution in [2.75, 3.05) is 0 Å². The van der Waals surface area contributed by atoms with E-state index in [9.17, 15) is 0 Å². The summed E-state index contributed by atoms with van der Waals surface area (Å²) in [5.74, 6) is 1.57. The van der Waals surface area contributed by atoms with Crippen LogP contribution in [0.25, 0.3) is 60.6 Å². The summed E-state index contributed by atoms with van der Waals surface area (Å²) in [6.07, 6.45) is 2.46. The van der Waals surface area contributed by atoms with Gasteiger partial charge in [0.1, 0.15) is 0 Å². The third-order valence-corrected chi connectivity index (χ3v) is 8.87. The van der Waals surface area contributed by atoms with Crippen LogP contribution in [-0.2, 0) is 26.5 Å². The predicted molar refractivity (Wildman–Crippen MR) is 198 cm³/mol. The van der Waals surface area contributed by atoms with E-state index in [0.717, 1.165) is 45.8 Å². The van der Waals surface area contributed by atoms with Crippen LogP contribution >= 0.6 is 11.3 Å². The molecule has 0 saturated heterocycles. The van der Waals surface area contributed by atoms with Crippen LogP contribution in [0.15, 0.2) is 140 Å². The Morgan fingerprint density at radius 3 is 2.31 bits per heavy atom. The maximum atomic E-state index is 7.23. The van der Waals surface area contributed by atoms with Gasteiger partial charge in [0.2, 0.25) is 0 Å². The van der Waals surface area contributed by atoms with Gasteiger partial charge in [0.05, 0.1) is 16.9 Å². The Labute approximate surface area is 304 Å². The Balaban J connectivity index is 0.000000222. The molecule has 5 aromatic carbocycles. The molecule has 3 aromatic heterocycles. The molecule has 0 unspecified atom stereocenters. The Morgan fingerprint density at radius 2 is 1.58 bits per heavy atom. The predicted octanol–water partition coefficient (Wildman–Crippen LogP) is 11.4. The average Bonchev–Trinajstić information content (AvgIpc) is 3.73. The van der Waals surface area contributed by atoms with Gasteiger partial charge in [-0.05, 0) is 65.8 Å². The van der Waals surface area contributed by atoms with Crippen molar-refractivity contribution in [1.82, 2.24) is 14.5 Å². The fourth-order valence-electron chi connectivity index (χ4n) is 5.78. The van der Waals surface area contributed by atoms with Crippen LogP contribution in [-0.4, -0.2) is 14.5 Å². The van der Waals surface area contributed by atoms with Gasteiger partial charge in [-0.15, -0.1) is 47.3 Å². The van der Waals surface area contributed by atoms with Crippen LogP contribution in [0.1, 0.15) is 29.1 Å². The normalized spacial score (nSPS) is 12.1. The van der Waals surface area contributed by atoms with E-state index in [1.165, 1.54) is 33.0 Å². The van der Waals surface area contributed by atoms with Crippen molar-refractivity contribution in [3.63, 3.8) is 0 Å². The van der Waals surface area contributed by atoms with Crippen LogP contribution in [0.3, 0.4) is 0 Å². The van der Waals surface area contributed by atoms with E-state index >= 15 is 0 Å². The number of fused-ring (bicyclic) bond motifs is 2. The minimum absolute atomic E-state index is 0. The molecule has 0 bridgehead atoms. The number of pyridine rings is 1. The second kappa shape index (κ2) is 15.0. The molecule has 48 heavy (non-hydrogen) atoms. The summed E-state index contributed by atoms with van der Waals surface area (Å²) in [6, 6.07) is 48.2. The van der Waals surface area contributed by atoms with Crippen molar-refractivity contribution in [2.24, 2.45) is 5.92 Å². The van der Waals surface area contributed by atoms with Gasteiger partial charge in [-0.3, -0.25) is 16.3 Å². The maximum Gasteiger partial charge on any atom is 0.0774 e. The van der Waals surface area contributed by atoms with Crippen LogP contribution in [0.5, 0.6) is 0 Å². The van der Waals surface area contributed by atoms with Gasteiger partial charge < -0.3 is 9.55 Å². The van der Waals surface area contributed by atoms with Crippen molar-refractivity contribution >= 4 is 32.5 Å². The van der Waals surface area contributed by atoms with Crippen molar-refractivity contribution in [3.8, 4) is 39.5 Å². The number of thiophene rings is 1. The van der Waals surface area contributed by atoms with E-state index in [1.807, 2.05) is 18.2 Å². The Bertz CT molecular complexity index is 2350. The van der Waals surface area contributed by atoms with E-state index in [4.69, 9.17) is 9.10 Å². The zero-order chi connectivity index (χ0) is 34.7. The van der Waals surface area contributed by atoms with E-state index < -0.39 is 6.85 Å². The van der Waals surface area contributed by atoms with Gasteiger partial charge in [0.15, 0.2) is 0 Å². The minimum atomic E-state index is -2.09. The quantitative estimate of drug-likeness (QED) is 0.156. The van der Waals surface area contributed by atoms with Crippen molar-refractivity contribution in [1.29, 1.82) is 0 Å². The fraction of sp³-hybridized carbons (Fsp3) is 0.116. The van der Waals surface area contributed by atoms with Crippen LogP contribution in [0, 0.1) is 24.2 Å². The van der Waals surface area contributed by atoms with E-state index in [2.05, 4.69) is 132 Å². The third-order valence-electron chi connectivity index (χ3n) is 7.99. The molecule has 8 aromatic rings. The molecule has 239 valence electrons. The van der Waals surface area contributed by atoms with Crippen LogP contribution in [0.2, 0.25) is 0 Å². The molecule has 0 fully saturated rings. The van der Waals surface area contributed by atoms with E-state index in [-0.39, 0.29) is 25.7 Å². The molecule has 0 aliphatic carbocycles. The molecule has 0 aliphatic rings. The molecule has 0 amide bonds. The number of hydrogen-bond acceptors (Lipinski definition) is 3. The number of imidazole rings is 1. The number of hydrogen-bond donors (Lipinski definition) is 0. The molecule has 0 saturated carbocycles. The summed E-state index contributed by atoms with van der Waals surface area (Å²) in [5.41, 5.74) is 9.93. The SMILES string of the molecule is CC(C)Cc1ccc2s[c-]c(-c3nc4ccccc4n3-c3ccc(-c4ccccc4)cc3)c2c1.[2H]C([2H])([2H])c1ccc(-c2[c-]cccc2)nc1.[Ir]. The number of rotatable bonds is 6. The Kier molecular flexibility index (Phi) is 9.23. The van der Waals surface area contributed by atoms with Gasteiger partial charge in [-0.1, -0.05) is 114 Å². The molecule has 3 nitrogen and oxygen atoms in total. The third kappa shape index (κ3) is 7.24. The number of aryl methyl sites for hydroxylation is 1. The molecule has 0 N–H and O–H groups in total. The topological polar surface area (TPSA) is 30.7 Å². The van der Waals surface area contributed by atoms with Crippen molar-refractivity contribution in [2.45, 2.75) is 27.1 Å². The molecular formula is C43H35IrN3S-2. The standard InChI is InChI=1S/C31H25N2S.C12H10N.Ir/c1-21(2)18-22-12-17-30-26(19-22)27(20-34-30)31-32-28-10-6-7-11-29(28)33(31)25-15-13-24(14-16-25)23-8-4-3-5-9-23;1-10-7-8-12(13-9-10)11-5-3-2-4-6-11;/h3-17,19,21H,18H2,1-2H3;2-5,7-9H,1H3;/q2*-1;/i;1D3;. The van der Waals surface area contributed by atoms with Gasteiger partial charge in [0.25, 0.3) is 0 Å². The van der Waals surface area contributed by atoms with E-state index in [0.29, 0.717) is 5.92 Å². The Hall–Kier alpha value is -4.67. The first-order valence-corrected chi connectivity index (χ1v) is 16.6. The smallest absolute Gasteiger partial charge is 0.0774 e. The molecule has 3 heterocycles. The Morgan fingerprint density at radius 1 is 0.812 bits per heavy atom. The average molecular weight is 821 g/mol. The monoisotopic (exact) mass is 821 g/mol. The molecule has 0 spiro atoms. The van der Waals surface area contributed by atoms with Gasteiger partial charge in [-0.25, -0.2) is 0 Å². The molecular weight excluding hydrogens is 783 g/mol. The van der Waals surface area contributed by atoms with Crippen LogP contribution < -0.4 is 0 Å². The molecule has 8 rings (SSSR count). The van der Waals surface area contributed by atoms with E-state index in [1.54, 1.807) is 29.5 Å². The van der Waals surface area contributed by atoms with Crippen LogP contribution in [0.4, 0.5) is 0 Å². The molecule has 5 heteroatoms. The number of aromatic nitrogens is 3. The number of benzene rings is 5. The largest absolute Gasteiger partial charge is 0.333 e. The van der Waals surface area contributed by atoms with Crippen molar-refractivity contribution < 1.29 is 24.2 Å². The first-order valence-electron chi connectivity index (χ1n) is 17.2. The summed E-state index contributed by atoms with van der Waals surface area (Å²) in [5, 5.41) is 4.81. The van der Waals surface area contributed by atoms with Gasteiger partial charge in [-0.2, -0.15) is 0 Å². The second-order valence-electron chi connectivity index (χ2n) is 11.9. The second-order valence-corrected chi connectivity index (χ2v) is 12.7. The molecule has 0 atom stereocenters.